The molecule has 0 aliphatic rings. The maximum absolute atomic E-state index is 12.5. The van der Waals surface area contributed by atoms with Crippen LogP contribution in [0.15, 0.2) is 27.6 Å². The van der Waals surface area contributed by atoms with Gasteiger partial charge < -0.3 is 4.52 Å². The number of hydrogen-bond acceptors (Lipinski definition) is 4. The van der Waals surface area contributed by atoms with Crippen LogP contribution in [0.1, 0.15) is 28.1 Å². The fraction of sp³-hybridized carbons (Fsp3) is 0.357. The van der Waals surface area contributed by atoms with Gasteiger partial charge in [0.1, 0.15) is 5.76 Å². The molecule has 0 fully saturated rings. The van der Waals surface area contributed by atoms with E-state index in [9.17, 15) is 8.42 Å². The molecule has 2 aromatic rings. The molecule has 0 aliphatic carbocycles. The normalized spacial score (nSPS) is 11.8. The maximum Gasteiger partial charge on any atom is 0.182 e. The number of benzene rings is 1. The fourth-order valence-corrected chi connectivity index (χ4v) is 3.90. The summed E-state index contributed by atoms with van der Waals surface area (Å²) >= 11 is 0. The van der Waals surface area contributed by atoms with Gasteiger partial charge in [-0.05, 0) is 39.3 Å². The van der Waals surface area contributed by atoms with E-state index in [1.807, 2.05) is 26.0 Å². The second-order valence-electron chi connectivity index (χ2n) is 4.83. The third-order valence-corrected chi connectivity index (χ3v) is 4.98. The van der Waals surface area contributed by atoms with Crippen LogP contribution in [-0.2, 0) is 15.6 Å². The molecule has 0 spiro atoms. The summed E-state index contributed by atoms with van der Waals surface area (Å²) in [5.41, 5.74) is 3.10. The second-order valence-corrected chi connectivity index (χ2v) is 6.79. The van der Waals surface area contributed by atoms with Crippen LogP contribution in [0.5, 0.6) is 0 Å². The zero-order valence-corrected chi connectivity index (χ0v) is 12.3. The summed E-state index contributed by atoms with van der Waals surface area (Å²) < 4.78 is 29.9. The Bertz CT molecular complexity index is 695. The van der Waals surface area contributed by atoms with E-state index in [0.29, 0.717) is 21.9 Å². The predicted molar refractivity (Wildman–Crippen MR) is 72.8 cm³/mol. The molecule has 0 saturated carbocycles. The molecule has 0 radical (unpaired) electrons. The highest BCUT2D eigenvalue weighted by molar-refractivity contribution is 7.90. The van der Waals surface area contributed by atoms with Crippen LogP contribution >= 0.6 is 0 Å². The van der Waals surface area contributed by atoms with Crippen molar-refractivity contribution in [2.75, 3.05) is 0 Å². The maximum atomic E-state index is 12.5. The van der Waals surface area contributed by atoms with E-state index in [1.165, 1.54) is 0 Å². The molecule has 0 N–H and O–H groups in total. The number of nitrogens with zero attached hydrogens (tertiary/aromatic N) is 1. The van der Waals surface area contributed by atoms with E-state index in [4.69, 9.17) is 4.52 Å². The molecule has 5 heteroatoms. The number of aryl methyl sites for hydroxylation is 4. The molecule has 102 valence electrons. The lowest BCUT2D eigenvalue weighted by atomic mass is 10.2. The van der Waals surface area contributed by atoms with Gasteiger partial charge in [-0.15, -0.1) is 0 Å². The third-order valence-electron chi connectivity index (χ3n) is 3.18. The summed E-state index contributed by atoms with van der Waals surface area (Å²) in [5, 5.41) is 3.79. The summed E-state index contributed by atoms with van der Waals surface area (Å²) in [4.78, 5) is 0.373. The molecular weight excluding hydrogens is 262 g/mol. The predicted octanol–water partition coefficient (Wildman–Crippen LogP) is 2.88. The van der Waals surface area contributed by atoms with Crippen molar-refractivity contribution in [2.24, 2.45) is 0 Å². The van der Waals surface area contributed by atoms with Crippen LogP contribution in [0.4, 0.5) is 0 Å². The van der Waals surface area contributed by atoms with Gasteiger partial charge in [0.2, 0.25) is 0 Å². The lowest BCUT2D eigenvalue weighted by Gasteiger charge is -2.08. The van der Waals surface area contributed by atoms with Crippen LogP contribution in [0.2, 0.25) is 0 Å². The van der Waals surface area contributed by atoms with Gasteiger partial charge in [0.05, 0.1) is 16.3 Å². The van der Waals surface area contributed by atoms with Crippen molar-refractivity contribution in [1.82, 2.24) is 5.16 Å². The van der Waals surface area contributed by atoms with Crippen molar-refractivity contribution in [3.8, 4) is 0 Å². The number of aromatic nitrogens is 1. The summed E-state index contributed by atoms with van der Waals surface area (Å²) in [6, 6.07) is 5.35. The lowest BCUT2D eigenvalue weighted by molar-refractivity contribution is 0.392. The molecule has 0 saturated heterocycles. The molecule has 2 rings (SSSR count). The van der Waals surface area contributed by atoms with E-state index in [2.05, 4.69) is 5.16 Å². The molecule has 0 unspecified atom stereocenters. The van der Waals surface area contributed by atoms with Crippen LogP contribution in [0.3, 0.4) is 0 Å². The Labute approximate surface area is 113 Å². The number of sulfone groups is 1. The first kappa shape index (κ1) is 13.8. The van der Waals surface area contributed by atoms with E-state index in [1.54, 1.807) is 19.9 Å². The summed E-state index contributed by atoms with van der Waals surface area (Å²) in [6.07, 6.45) is 0. The molecule has 19 heavy (non-hydrogen) atoms. The first-order valence-electron chi connectivity index (χ1n) is 6.03. The molecule has 1 aromatic heterocycles. The van der Waals surface area contributed by atoms with Gasteiger partial charge in [0, 0.05) is 5.56 Å². The standard InChI is InChI=1S/C14H17NO3S/c1-9-5-6-14(10(2)7-9)19(16,17)8-13-11(3)15-18-12(13)4/h5-7H,8H2,1-4H3. The molecule has 0 bridgehead atoms. The van der Waals surface area contributed by atoms with Crippen molar-refractivity contribution in [3.63, 3.8) is 0 Å². The fourth-order valence-electron chi connectivity index (χ4n) is 2.12. The largest absolute Gasteiger partial charge is 0.361 e. The molecule has 4 nitrogen and oxygen atoms in total. The molecule has 0 atom stereocenters. The summed E-state index contributed by atoms with van der Waals surface area (Å²) in [5.74, 6) is 0.490. The number of rotatable bonds is 3. The number of hydrogen-bond donors (Lipinski definition) is 0. The third kappa shape index (κ3) is 2.71. The average Bonchev–Trinajstić information content (AvgIpc) is 2.60. The Balaban J connectivity index is 2.44. The van der Waals surface area contributed by atoms with Gasteiger partial charge in [-0.3, -0.25) is 0 Å². The minimum atomic E-state index is -3.38. The summed E-state index contributed by atoms with van der Waals surface area (Å²) in [7, 11) is -3.38. The highest BCUT2D eigenvalue weighted by Gasteiger charge is 2.22. The molecule has 0 aliphatic heterocycles. The second kappa shape index (κ2) is 4.81. The quantitative estimate of drug-likeness (QED) is 0.866. The van der Waals surface area contributed by atoms with Crippen LogP contribution in [-0.4, -0.2) is 13.6 Å². The molecular formula is C14H17NO3S. The zero-order chi connectivity index (χ0) is 14.2. The Morgan fingerprint density at radius 1 is 1.16 bits per heavy atom. The Hall–Kier alpha value is -1.62. The van der Waals surface area contributed by atoms with Crippen molar-refractivity contribution in [2.45, 2.75) is 38.3 Å². The van der Waals surface area contributed by atoms with Crippen molar-refractivity contribution < 1.29 is 12.9 Å². The monoisotopic (exact) mass is 279 g/mol. The Kier molecular flexibility index (Phi) is 3.49. The van der Waals surface area contributed by atoms with Gasteiger partial charge >= 0.3 is 0 Å². The van der Waals surface area contributed by atoms with Gasteiger partial charge in [-0.1, -0.05) is 22.9 Å². The zero-order valence-electron chi connectivity index (χ0n) is 11.5. The van der Waals surface area contributed by atoms with Crippen LogP contribution in [0.25, 0.3) is 0 Å². The smallest absolute Gasteiger partial charge is 0.182 e. The van der Waals surface area contributed by atoms with Crippen molar-refractivity contribution >= 4 is 9.84 Å². The average molecular weight is 279 g/mol. The van der Waals surface area contributed by atoms with E-state index in [-0.39, 0.29) is 5.75 Å². The van der Waals surface area contributed by atoms with Gasteiger partial charge in [-0.2, -0.15) is 0 Å². The SMILES string of the molecule is Cc1ccc(S(=O)(=O)Cc2c(C)noc2C)c(C)c1. The van der Waals surface area contributed by atoms with Gasteiger partial charge in [0.25, 0.3) is 0 Å². The Morgan fingerprint density at radius 3 is 2.37 bits per heavy atom. The van der Waals surface area contributed by atoms with Crippen LogP contribution in [0, 0.1) is 27.7 Å². The molecule has 1 heterocycles. The minimum Gasteiger partial charge on any atom is -0.361 e. The van der Waals surface area contributed by atoms with Gasteiger partial charge in [-0.25, -0.2) is 8.42 Å². The first-order valence-corrected chi connectivity index (χ1v) is 7.68. The lowest BCUT2D eigenvalue weighted by Crippen LogP contribution is -2.08. The van der Waals surface area contributed by atoms with E-state index >= 15 is 0 Å². The van der Waals surface area contributed by atoms with Crippen LogP contribution < -0.4 is 0 Å². The van der Waals surface area contributed by atoms with E-state index in [0.717, 1.165) is 11.1 Å². The topological polar surface area (TPSA) is 60.2 Å². The highest BCUT2D eigenvalue weighted by Crippen LogP contribution is 2.24. The van der Waals surface area contributed by atoms with Gasteiger partial charge in [0.15, 0.2) is 9.84 Å². The highest BCUT2D eigenvalue weighted by atomic mass is 32.2. The van der Waals surface area contributed by atoms with Crippen molar-refractivity contribution in [1.29, 1.82) is 0 Å². The van der Waals surface area contributed by atoms with Crippen molar-refractivity contribution in [3.05, 3.63) is 46.3 Å². The van der Waals surface area contributed by atoms with E-state index < -0.39 is 9.84 Å². The molecule has 0 amide bonds. The summed E-state index contributed by atoms with van der Waals surface area (Å²) in [6.45, 7) is 7.24. The molecule has 1 aromatic carbocycles. The Morgan fingerprint density at radius 2 is 1.84 bits per heavy atom. The first-order chi connectivity index (χ1) is 8.81. The minimum absolute atomic E-state index is 0.0714.